The first-order valence-corrected chi connectivity index (χ1v) is 7.66. The Balaban J connectivity index is 2.14. The maximum absolute atomic E-state index is 12.3. The van der Waals surface area contributed by atoms with E-state index in [1.165, 1.54) is 13.3 Å². The molecule has 0 aliphatic carbocycles. The van der Waals surface area contributed by atoms with Gasteiger partial charge >= 0.3 is 5.97 Å². The smallest absolute Gasteiger partial charge is 0.337 e. The molecule has 0 atom stereocenters. The van der Waals surface area contributed by atoms with Gasteiger partial charge in [0, 0.05) is 25.0 Å². The van der Waals surface area contributed by atoms with Crippen LogP contribution in [-0.2, 0) is 4.74 Å². The van der Waals surface area contributed by atoms with Crippen LogP contribution in [0.3, 0.4) is 0 Å². The summed E-state index contributed by atoms with van der Waals surface area (Å²) in [5.41, 5.74) is 1.49. The largest absolute Gasteiger partial charge is 0.465 e. The molecule has 0 saturated heterocycles. The first-order valence-electron chi connectivity index (χ1n) is 7.66. The third-order valence-electron chi connectivity index (χ3n) is 3.49. The van der Waals surface area contributed by atoms with Gasteiger partial charge in [-0.3, -0.25) is 4.79 Å². The van der Waals surface area contributed by atoms with Crippen LogP contribution < -0.4 is 5.32 Å². The minimum Gasteiger partial charge on any atom is -0.465 e. The number of amides is 1. The molecule has 126 valence electrons. The number of nitrogens with one attached hydrogen (secondary N) is 1. The van der Waals surface area contributed by atoms with E-state index in [0.717, 1.165) is 0 Å². The third-order valence-corrected chi connectivity index (χ3v) is 3.49. The van der Waals surface area contributed by atoms with Crippen LogP contribution in [0.25, 0.3) is 0 Å². The highest BCUT2D eigenvalue weighted by Gasteiger charge is 2.14. The van der Waals surface area contributed by atoms with Gasteiger partial charge in [-0.1, -0.05) is 0 Å². The number of esters is 1. The second-order valence-electron chi connectivity index (χ2n) is 4.94. The van der Waals surface area contributed by atoms with Crippen LogP contribution in [0.15, 0.2) is 36.5 Å². The summed E-state index contributed by atoms with van der Waals surface area (Å²) in [6, 6.07) is 8.30. The molecule has 7 nitrogen and oxygen atoms in total. The molecule has 1 N–H and O–H groups in total. The second kappa shape index (κ2) is 8.05. The van der Waals surface area contributed by atoms with Crippen molar-refractivity contribution in [2.24, 2.45) is 0 Å². The Morgan fingerprint density at radius 2 is 1.79 bits per heavy atom. The number of carbonyl (C=O) groups excluding carboxylic acids is 2. The van der Waals surface area contributed by atoms with Crippen LogP contribution in [-0.4, -0.2) is 46.9 Å². The van der Waals surface area contributed by atoms with Crippen molar-refractivity contribution < 1.29 is 14.3 Å². The normalized spacial score (nSPS) is 10.1. The van der Waals surface area contributed by atoms with Crippen LogP contribution in [0, 0.1) is 0 Å². The van der Waals surface area contributed by atoms with Gasteiger partial charge in [0.2, 0.25) is 5.95 Å². The molecule has 1 aromatic carbocycles. The topological polar surface area (TPSA) is 84.4 Å². The van der Waals surface area contributed by atoms with Crippen molar-refractivity contribution in [1.29, 1.82) is 0 Å². The predicted octanol–water partition coefficient (Wildman–Crippen LogP) is 2.49. The zero-order valence-corrected chi connectivity index (χ0v) is 13.9. The van der Waals surface area contributed by atoms with Crippen molar-refractivity contribution in [3.8, 4) is 0 Å². The number of hydrogen-bond acceptors (Lipinski definition) is 6. The van der Waals surface area contributed by atoms with E-state index >= 15 is 0 Å². The van der Waals surface area contributed by atoms with E-state index in [4.69, 9.17) is 0 Å². The molecular weight excluding hydrogens is 308 g/mol. The van der Waals surface area contributed by atoms with Crippen molar-refractivity contribution in [2.45, 2.75) is 13.8 Å². The maximum Gasteiger partial charge on any atom is 0.337 e. The summed E-state index contributed by atoms with van der Waals surface area (Å²) in [6.45, 7) is 5.09. The zero-order chi connectivity index (χ0) is 17.5. The van der Waals surface area contributed by atoms with Gasteiger partial charge in [-0.2, -0.15) is 0 Å². The fourth-order valence-electron chi connectivity index (χ4n) is 2.15. The molecule has 2 rings (SSSR count). The third kappa shape index (κ3) is 4.07. The average Bonchev–Trinajstić information content (AvgIpc) is 2.63. The van der Waals surface area contributed by atoms with Gasteiger partial charge in [0.1, 0.15) is 5.69 Å². The number of benzene rings is 1. The Bertz CT molecular complexity index is 712. The average molecular weight is 328 g/mol. The number of carbonyl (C=O) groups is 2. The zero-order valence-electron chi connectivity index (χ0n) is 13.9. The molecule has 0 saturated carbocycles. The van der Waals surface area contributed by atoms with E-state index in [1.807, 2.05) is 13.8 Å². The molecule has 1 aromatic heterocycles. The van der Waals surface area contributed by atoms with Gasteiger partial charge in [0.25, 0.3) is 5.91 Å². The molecule has 1 heterocycles. The molecule has 0 aliphatic heterocycles. The number of hydrogen-bond donors (Lipinski definition) is 1. The molecule has 7 heteroatoms. The van der Waals surface area contributed by atoms with Crippen LogP contribution in [0.5, 0.6) is 0 Å². The van der Waals surface area contributed by atoms with Gasteiger partial charge in [0.15, 0.2) is 0 Å². The quantitative estimate of drug-likeness (QED) is 0.820. The fourth-order valence-corrected chi connectivity index (χ4v) is 2.15. The minimum absolute atomic E-state index is 0.133. The lowest BCUT2D eigenvalue weighted by Crippen LogP contribution is -2.31. The number of rotatable bonds is 6. The van der Waals surface area contributed by atoms with Crippen molar-refractivity contribution >= 4 is 23.5 Å². The molecular formula is C17H20N4O3. The van der Waals surface area contributed by atoms with E-state index < -0.39 is 5.97 Å². The Hall–Kier alpha value is -2.96. The summed E-state index contributed by atoms with van der Waals surface area (Å²) in [4.78, 5) is 33.8. The second-order valence-corrected chi connectivity index (χ2v) is 4.94. The van der Waals surface area contributed by atoms with Gasteiger partial charge in [-0.05, 0) is 44.2 Å². The van der Waals surface area contributed by atoms with E-state index in [1.54, 1.807) is 35.2 Å². The van der Waals surface area contributed by atoms with Gasteiger partial charge in [0.05, 0.1) is 12.7 Å². The number of ether oxygens (including phenoxy) is 1. The summed E-state index contributed by atoms with van der Waals surface area (Å²) in [7, 11) is 1.33. The first-order chi connectivity index (χ1) is 11.6. The predicted molar refractivity (Wildman–Crippen MR) is 90.3 cm³/mol. The lowest BCUT2D eigenvalue weighted by Gasteiger charge is -2.18. The Kier molecular flexibility index (Phi) is 5.83. The monoisotopic (exact) mass is 328 g/mol. The molecule has 1 amide bonds. The van der Waals surface area contributed by atoms with Crippen LogP contribution in [0.1, 0.15) is 34.7 Å². The number of methoxy groups -OCH3 is 1. The van der Waals surface area contributed by atoms with Gasteiger partial charge in [-0.25, -0.2) is 14.8 Å². The molecule has 0 unspecified atom stereocenters. The summed E-state index contributed by atoms with van der Waals surface area (Å²) >= 11 is 0. The Morgan fingerprint density at radius 1 is 1.12 bits per heavy atom. The summed E-state index contributed by atoms with van der Waals surface area (Å²) < 4.78 is 4.65. The highest BCUT2D eigenvalue weighted by atomic mass is 16.5. The summed E-state index contributed by atoms with van der Waals surface area (Å²) in [5.74, 6) is -0.213. The highest BCUT2D eigenvalue weighted by molar-refractivity contribution is 5.92. The molecule has 2 aromatic rings. The van der Waals surface area contributed by atoms with Crippen molar-refractivity contribution in [2.75, 3.05) is 25.5 Å². The number of aromatic nitrogens is 2. The molecule has 0 spiro atoms. The number of anilines is 2. The minimum atomic E-state index is -0.399. The van der Waals surface area contributed by atoms with Crippen molar-refractivity contribution in [1.82, 2.24) is 14.9 Å². The molecule has 0 radical (unpaired) electrons. The Labute approximate surface area is 140 Å². The SMILES string of the molecule is CCN(CC)C(=O)c1ccnc(Nc2ccc(C(=O)OC)cc2)n1. The molecule has 0 fully saturated rings. The van der Waals surface area contributed by atoms with Gasteiger partial charge in [-0.15, -0.1) is 0 Å². The highest BCUT2D eigenvalue weighted by Crippen LogP contribution is 2.15. The van der Waals surface area contributed by atoms with Crippen LogP contribution in [0.4, 0.5) is 11.6 Å². The van der Waals surface area contributed by atoms with E-state index in [2.05, 4.69) is 20.0 Å². The standard InChI is InChI=1S/C17H20N4O3/c1-4-21(5-2)15(22)14-10-11-18-17(20-14)19-13-8-6-12(7-9-13)16(23)24-3/h6-11H,4-5H2,1-3H3,(H,18,19,20). The number of nitrogens with zero attached hydrogens (tertiary/aromatic N) is 3. The molecule has 24 heavy (non-hydrogen) atoms. The lowest BCUT2D eigenvalue weighted by atomic mass is 10.2. The van der Waals surface area contributed by atoms with E-state index in [-0.39, 0.29) is 5.91 Å². The lowest BCUT2D eigenvalue weighted by molar-refractivity contribution is 0.0600. The fraction of sp³-hybridized carbons (Fsp3) is 0.294. The van der Waals surface area contributed by atoms with Crippen LogP contribution in [0.2, 0.25) is 0 Å². The van der Waals surface area contributed by atoms with E-state index in [9.17, 15) is 9.59 Å². The van der Waals surface area contributed by atoms with Crippen LogP contribution >= 0.6 is 0 Å². The Morgan fingerprint density at radius 3 is 2.38 bits per heavy atom. The summed E-state index contributed by atoms with van der Waals surface area (Å²) in [5, 5.41) is 3.01. The van der Waals surface area contributed by atoms with Crippen molar-refractivity contribution in [3.63, 3.8) is 0 Å². The van der Waals surface area contributed by atoms with Crippen molar-refractivity contribution in [3.05, 3.63) is 47.8 Å². The molecule has 0 aliphatic rings. The van der Waals surface area contributed by atoms with Gasteiger partial charge < -0.3 is 15.0 Å². The molecule has 0 bridgehead atoms. The summed E-state index contributed by atoms with van der Waals surface area (Å²) in [6.07, 6.45) is 1.54. The first kappa shape index (κ1) is 17.4. The van der Waals surface area contributed by atoms with E-state index in [0.29, 0.717) is 36.0 Å². The maximum atomic E-state index is 12.3.